The van der Waals surface area contributed by atoms with Crippen molar-refractivity contribution >= 4 is 74.8 Å². The zero-order valence-corrected chi connectivity index (χ0v) is 66.5. The summed E-state index contributed by atoms with van der Waals surface area (Å²) in [5, 5.41) is 32.9. The molecule has 22 nitrogen and oxygen atoms in total. The van der Waals surface area contributed by atoms with Crippen molar-refractivity contribution in [3.8, 4) is 5.75 Å². The number of phenols is 1. The number of hydrogen-bond donors (Lipinski definition) is 11. The lowest BCUT2D eigenvalue weighted by molar-refractivity contribution is -0.142. The molecule has 11 atom stereocenters. The number of amides is 2. The summed E-state index contributed by atoms with van der Waals surface area (Å²) >= 11 is 0. The molecule has 0 aliphatic carbocycles. The molecular weight excluding hydrogens is 1330 g/mol. The summed E-state index contributed by atoms with van der Waals surface area (Å²) in [5.41, 5.74) is 5.36. The highest BCUT2D eigenvalue weighted by atomic mass is 16.3. The Hall–Kier alpha value is -7.57. The number of ketones is 9. The number of Topliss-reactive ketones (excluding diaryl/α,β-unsaturated/α-hetero) is 9. The molecule has 0 fully saturated rings. The summed E-state index contributed by atoms with van der Waals surface area (Å²) in [4.78, 5) is 141. The molecule has 3 aromatic carbocycles. The van der Waals surface area contributed by atoms with E-state index in [9.17, 15) is 63.0 Å². The summed E-state index contributed by atoms with van der Waals surface area (Å²) in [6.45, 7) is 31.8. The maximum atomic E-state index is 13.8. The van der Waals surface area contributed by atoms with Gasteiger partial charge in [0.25, 0.3) is 0 Å². The van der Waals surface area contributed by atoms with Crippen LogP contribution in [0.5, 0.6) is 5.75 Å². The van der Waals surface area contributed by atoms with Crippen LogP contribution in [0.15, 0.2) is 97.2 Å². The molecule has 0 aliphatic rings. The van der Waals surface area contributed by atoms with Gasteiger partial charge in [0.2, 0.25) is 34.9 Å². The number of hydrazine groups is 2. The third-order valence-electron chi connectivity index (χ3n) is 19.2. The van der Waals surface area contributed by atoms with E-state index in [2.05, 4.69) is 76.9 Å². The van der Waals surface area contributed by atoms with Gasteiger partial charge in [-0.1, -0.05) is 153 Å². The molecule has 4 rings (SSSR count). The Bertz CT molecular complexity index is 3380. The number of nitrogens with two attached hydrogens (primary N) is 2. The smallest absolute Gasteiger partial charge is 0.239 e. The molecule has 105 heavy (non-hydrogen) atoms. The first-order valence-electron chi connectivity index (χ1n) is 37.8. The van der Waals surface area contributed by atoms with Crippen molar-refractivity contribution in [2.24, 2.45) is 35.4 Å². The van der Waals surface area contributed by atoms with Crippen molar-refractivity contribution in [1.29, 1.82) is 0 Å². The van der Waals surface area contributed by atoms with Crippen molar-refractivity contribution in [3.05, 3.63) is 114 Å². The van der Waals surface area contributed by atoms with Gasteiger partial charge in [0.15, 0.2) is 5.78 Å². The van der Waals surface area contributed by atoms with E-state index in [4.69, 9.17) is 11.7 Å². The Morgan fingerprint density at radius 3 is 1.55 bits per heavy atom. The average Bonchev–Trinajstić information content (AvgIpc) is 1.67. The molecule has 1 heterocycles. The second-order valence-corrected chi connectivity index (χ2v) is 29.9. The SMILES string of the molecule is CC(=O)[C@](C)(Cc1c[nH]c2ccccc12)NC(C)C(=O)C(=O)[C@H](Cc1ccc(O)cc1)NN.CC(C)=O.CCCC[C@H](CC)C(C)=O.CC[C@@H](CC(C)C)C(=O)N[C@@](C)(CCC/C=C/CCCCCC[C@@](C)(N[C@@H](CC(C)C)C(=O)C(=O)[C@@H](NC(=O)[C@H](Cc1ccccc1)NN)[C@@H](C)O)C(C)=O)C(C)=O. The van der Waals surface area contributed by atoms with Crippen LogP contribution >= 0.6 is 0 Å². The number of para-hydroxylation sites is 1. The minimum Gasteiger partial charge on any atom is -0.508 e. The monoisotopic (exact) mass is 1460 g/mol. The van der Waals surface area contributed by atoms with Crippen LogP contribution in [0.3, 0.4) is 0 Å². The highest BCUT2D eigenvalue weighted by Gasteiger charge is 2.41. The van der Waals surface area contributed by atoms with E-state index in [1.165, 1.54) is 59.6 Å². The molecule has 13 N–H and O–H groups in total. The number of benzene rings is 3. The molecule has 4 aromatic rings. The van der Waals surface area contributed by atoms with E-state index in [0.29, 0.717) is 36.9 Å². The van der Waals surface area contributed by atoms with E-state index in [-0.39, 0.29) is 65.9 Å². The Balaban J connectivity index is 0.000000968. The molecule has 0 radical (unpaired) electrons. The van der Waals surface area contributed by atoms with E-state index >= 15 is 0 Å². The number of allylic oxidation sites excluding steroid dienone is 2. The molecule has 0 aliphatic heterocycles. The van der Waals surface area contributed by atoms with Crippen LogP contribution in [0.1, 0.15) is 244 Å². The number of aliphatic hydroxyl groups excluding tert-OH is 1. The number of unbranched alkanes of at least 4 members (excludes halogenated alkanes) is 6. The van der Waals surface area contributed by atoms with Crippen LogP contribution in [0.25, 0.3) is 10.9 Å². The Morgan fingerprint density at radius 1 is 0.533 bits per heavy atom. The first kappa shape index (κ1) is 95.4. The van der Waals surface area contributed by atoms with Gasteiger partial charge in [-0.05, 0) is 213 Å². The molecular formula is C83H131N9O13. The predicted octanol–water partition coefficient (Wildman–Crippen LogP) is 11.4. The third-order valence-corrected chi connectivity index (χ3v) is 19.2. The lowest BCUT2D eigenvalue weighted by atomic mass is 9.86. The number of H-pyrrole nitrogens is 1. The number of nitrogens with one attached hydrogen (secondary N) is 7. The van der Waals surface area contributed by atoms with E-state index in [1.54, 1.807) is 46.8 Å². The fourth-order valence-corrected chi connectivity index (χ4v) is 12.2. The molecule has 0 saturated heterocycles. The van der Waals surface area contributed by atoms with Gasteiger partial charge in [0, 0.05) is 28.9 Å². The average molecular weight is 1460 g/mol. The van der Waals surface area contributed by atoms with E-state index < -0.39 is 82.0 Å². The number of phenolic OH excluding ortho intramolecular Hbond substituents is 1. The number of aromatic nitrogens is 1. The van der Waals surface area contributed by atoms with E-state index in [1.807, 2.05) is 88.5 Å². The first-order chi connectivity index (χ1) is 49.3. The second-order valence-electron chi connectivity index (χ2n) is 29.9. The summed E-state index contributed by atoms with van der Waals surface area (Å²) in [7, 11) is 0. The largest absolute Gasteiger partial charge is 0.508 e. The highest BCUT2D eigenvalue weighted by Crippen LogP contribution is 2.26. The summed E-state index contributed by atoms with van der Waals surface area (Å²) < 4.78 is 0. The van der Waals surface area contributed by atoms with Gasteiger partial charge in [-0.15, -0.1) is 0 Å². The maximum absolute atomic E-state index is 13.8. The third kappa shape index (κ3) is 35.1. The molecule has 1 unspecified atom stereocenters. The Kier molecular flexibility index (Phi) is 44.8. The number of aromatic hydroxyl groups is 1. The van der Waals surface area contributed by atoms with Crippen LogP contribution in [-0.4, -0.2) is 132 Å². The summed E-state index contributed by atoms with van der Waals surface area (Å²) in [6, 6.07) is 18.1. The number of carbonyl (C=O) groups excluding carboxylic acids is 11. The second kappa shape index (κ2) is 49.3. The van der Waals surface area contributed by atoms with Crippen LogP contribution in [0.2, 0.25) is 0 Å². The van der Waals surface area contributed by atoms with Crippen LogP contribution in [-0.2, 0) is 72.0 Å². The van der Waals surface area contributed by atoms with Crippen molar-refractivity contribution in [2.45, 2.75) is 300 Å². The van der Waals surface area contributed by atoms with Crippen molar-refractivity contribution in [2.75, 3.05) is 0 Å². The van der Waals surface area contributed by atoms with Gasteiger partial charge in [-0.3, -0.25) is 70.3 Å². The molecule has 0 bridgehead atoms. The normalized spacial score (nSPS) is 15.3. The quantitative estimate of drug-likeness (QED) is 0.00643. The number of carbonyl (C=O) groups is 11. The highest BCUT2D eigenvalue weighted by molar-refractivity contribution is 6.42. The molecule has 2 amide bonds. The van der Waals surface area contributed by atoms with Crippen LogP contribution < -0.4 is 43.8 Å². The Morgan fingerprint density at radius 2 is 1.04 bits per heavy atom. The zero-order chi connectivity index (χ0) is 79.8. The number of hydrogen-bond acceptors (Lipinski definition) is 19. The van der Waals surface area contributed by atoms with Gasteiger partial charge in [0.1, 0.15) is 41.0 Å². The predicted molar refractivity (Wildman–Crippen MR) is 418 cm³/mol. The van der Waals surface area contributed by atoms with Gasteiger partial charge < -0.3 is 30.6 Å². The van der Waals surface area contributed by atoms with E-state index in [0.717, 1.165) is 98.2 Å². The van der Waals surface area contributed by atoms with Crippen molar-refractivity contribution in [1.82, 2.24) is 37.1 Å². The minimum atomic E-state index is -1.50. The van der Waals surface area contributed by atoms with Crippen molar-refractivity contribution in [3.63, 3.8) is 0 Å². The maximum Gasteiger partial charge on any atom is 0.239 e. The topological polar surface area (TPSA) is 368 Å². The van der Waals surface area contributed by atoms with Crippen LogP contribution in [0.4, 0.5) is 0 Å². The lowest BCUT2D eigenvalue weighted by Gasteiger charge is -2.34. The molecule has 0 saturated carbocycles. The summed E-state index contributed by atoms with van der Waals surface area (Å²) in [5.74, 6) is 8.42. The molecule has 0 spiro atoms. The fourth-order valence-electron chi connectivity index (χ4n) is 12.2. The van der Waals surface area contributed by atoms with Gasteiger partial charge >= 0.3 is 0 Å². The van der Waals surface area contributed by atoms with Gasteiger partial charge in [-0.25, -0.2) is 10.9 Å². The van der Waals surface area contributed by atoms with Crippen molar-refractivity contribution < 1.29 is 63.0 Å². The standard InChI is InChI=1S/C46H77N5O7.C25H30N4O4.C9H18O.C3H6O/c1-11-37(28-31(2)3)43(57)50-46(10,35(8)54)27-23-18-16-14-12-13-15-17-22-26-45(9,34(7)53)49-38(29-32(4)5)41(55)42(56)40(33(6)52)48-44(58)39(51-47)30-36-24-20-19-21-25-36;1-15(23(32)24(33)22(29-26)12-17-8-10-19(31)11-9-17)28-25(3,16(2)30)13-18-14-27-21-7-5-4-6-20(18)21;1-4-6-7-9(5-2)8(3)10;1-3(2)4/h14,16,19-21,24-25,31-33,37-40,49,51-52H,11-13,15,17-18,22-23,26-30,47H2,1-10H3,(H,48,58)(H,50,57);4-11,14-15,22,27-29,31H,12-13,26H2,1-3H3;9H,4-7H2,1-3H3;1-2H3/b16-14+;;;/t33-,37+,38+,39+,40+,45-,46+;15?,22-,25-;9-;/m100./s1. The Labute approximate surface area is 626 Å². The lowest BCUT2D eigenvalue weighted by Crippen LogP contribution is -2.61. The van der Waals surface area contributed by atoms with Crippen LogP contribution in [0, 0.1) is 23.7 Å². The summed E-state index contributed by atoms with van der Waals surface area (Å²) in [6.07, 6.45) is 18.9. The minimum absolute atomic E-state index is 0.00225. The number of rotatable bonds is 47. The fraction of sp³-hybridized carbons (Fsp3) is 0.602. The number of fused-ring (bicyclic) bond motifs is 1. The first-order valence-corrected chi connectivity index (χ1v) is 37.8. The molecule has 22 heteroatoms. The number of aliphatic hydroxyl groups is 1. The number of aromatic amines is 1. The van der Waals surface area contributed by atoms with Gasteiger partial charge in [0.05, 0.1) is 40.8 Å². The van der Waals surface area contributed by atoms with Gasteiger partial charge in [-0.2, -0.15) is 0 Å². The molecule has 586 valence electrons. The zero-order valence-electron chi connectivity index (χ0n) is 66.5. The molecule has 1 aromatic heterocycles.